The van der Waals surface area contributed by atoms with Crippen LogP contribution in [0.4, 0.5) is 68.2 Å². The lowest BCUT2D eigenvalue weighted by Crippen LogP contribution is -2.00. The van der Waals surface area contributed by atoms with Gasteiger partial charge in [0.2, 0.25) is 0 Å². The predicted molar refractivity (Wildman–Crippen MR) is 375 cm³/mol. The monoisotopic (exact) mass is 1590 g/mol. The zero-order chi connectivity index (χ0) is 77.8. The Morgan fingerprint density at radius 1 is 0.387 bits per heavy atom. The largest absolute Gasteiger partial charge is 0.507 e. The van der Waals surface area contributed by atoms with Crippen LogP contribution >= 0.6 is 0 Å². The van der Waals surface area contributed by atoms with Crippen molar-refractivity contribution in [2.24, 2.45) is 51.1 Å². The Morgan fingerprint density at radius 3 is 1.47 bits per heavy atom. The molecule has 11 aromatic rings. The quantitative estimate of drug-likeness (QED) is 0.0268. The first-order valence-corrected chi connectivity index (χ1v) is 37.7. The van der Waals surface area contributed by atoms with Crippen LogP contribution in [-0.4, -0.2) is 117 Å². The van der Waals surface area contributed by atoms with Crippen LogP contribution in [0.15, 0.2) is 241 Å². The summed E-state index contributed by atoms with van der Waals surface area (Å²) in [6.07, 6.45) is 0.477. The van der Waals surface area contributed by atoms with Gasteiger partial charge in [0, 0.05) is 39.4 Å². The highest BCUT2D eigenvalue weighted by molar-refractivity contribution is 7.86. The van der Waals surface area contributed by atoms with Crippen LogP contribution in [0.25, 0.3) is 43.1 Å². The summed E-state index contributed by atoms with van der Waals surface area (Å²) < 4.78 is 220. The summed E-state index contributed by atoms with van der Waals surface area (Å²) in [5.74, 6) is -2.00. The van der Waals surface area contributed by atoms with Crippen molar-refractivity contribution in [3.63, 3.8) is 0 Å². The lowest BCUT2D eigenvalue weighted by Gasteiger charge is -2.13. The molecule has 106 heavy (non-hydrogen) atoms. The number of nitrogens with one attached hydrogen (secondary N) is 1. The molecule has 11 aromatic carbocycles. The highest BCUT2D eigenvalue weighted by Gasteiger charge is 2.25. The molecule has 0 bridgehead atoms. The smallest absolute Gasteiger partial charge is 0.425 e. The highest BCUT2D eigenvalue weighted by Crippen LogP contribution is 2.48. The molecule has 0 unspecified atom stereocenters. The van der Waals surface area contributed by atoms with Crippen LogP contribution in [-0.2, 0) is 72.3 Å². The Hall–Kier alpha value is -12.2. The average Bonchev–Trinajstić information content (AvgIpc) is 0.778. The second-order valence-corrected chi connectivity index (χ2v) is 28.1. The molecular formula is C62H47N11O26S7. The fourth-order valence-electron chi connectivity index (χ4n) is 9.72. The first kappa shape index (κ1) is 79.5. The van der Waals surface area contributed by atoms with Gasteiger partial charge in [0.25, 0.3) is 40.5 Å². The Balaban J connectivity index is 0.00000110. The van der Waals surface area contributed by atoms with Gasteiger partial charge in [0.1, 0.15) is 55.4 Å². The Bertz CT molecular complexity index is 6310. The number of benzene rings is 11. The number of aryl methyl sites for hydroxylation is 1. The van der Waals surface area contributed by atoms with Gasteiger partial charge in [-0.15, -0.1) is 73.7 Å². The van der Waals surface area contributed by atoms with E-state index in [4.69, 9.17) is 42.6 Å². The molecule has 0 spiro atoms. The minimum absolute atomic E-state index is 0.00506. The number of fused-ring (bicyclic) bond motifs is 4. The third-order valence-corrected chi connectivity index (χ3v) is 17.6. The summed E-state index contributed by atoms with van der Waals surface area (Å²) in [7, 11) is -28.9. The second kappa shape index (κ2) is 33.5. The van der Waals surface area contributed by atoms with E-state index in [1.807, 2.05) is 30.3 Å². The minimum atomic E-state index is -5.17. The molecule has 0 fully saturated rings. The van der Waals surface area contributed by atoms with Crippen molar-refractivity contribution in [1.29, 1.82) is 0 Å². The van der Waals surface area contributed by atoms with Gasteiger partial charge in [-0.05, 0) is 156 Å². The molecule has 0 saturated carbocycles. The molecule has 0 aliphatic heterocycles. The average molecular weight is 1590 g/mol. The third-order valence-electron chi connectivity index (χ3n) is 14.2. The molecule has 11 rings (SSSR count). The minimum Gasteiger partial charge on any atom is -0.507 e. The number of aromatic hydroxyl groups is 4. The molecule has 0 aliphatic rings. The van der Waals surface area contributed by atoms with Crippen LogP contribution in [0, 0.1) is 6.92 Å². The number of para-hydroxylation sites is 1. The van der Waals surface area contributed by atoms with E-state index in [-0.39, 0.29) is 96.3 Å². The number of anilines is 2. The number of ether oxygens (including phenoxy) is 1. The normalized spacial score (nSPS) is 12.0. The summed E-state index contributed by atoms with van der Waals surface area (Å²) in [5.41, 5.74) is 1.09. The molecule has 0 aromatic heterocycles. The van der Waals surface area contributed by atoms with Crippen LogP contribution < -0.4 is 10.1 Å². The van der Waals surface area contributed by atoms with Gasteiger partial charge in [-0.25, -0.2) is 0 Å². The lowest BCUT2D eigenvalue weighted by molar-refractivity contribution is 0.318. The molecule has 44 heteroatoms. The Morgan fingerprint density at radius 2 is 0.868 bits per heavy atom. The SMILES string of the molecule is CCCOc1cc(N=Nc2cc(S(=O)(=O)O)cc3cc(S(=O)(=O)O)cc(O)c23)c(C)cc1N=Nc1c(S(=O)(=O)O)cc2cc(N=Nc3c(Nc4ccccc4)ccc4c(O)c(N=Nc5ccc6c(O)c(N=Nc7ccccc7S(=O)(=O)O)ccc6c5)ccc34)ccc2c1O.O=S(=O)=O.O=S(=O)=O.O=S(=O)=O. The predicted octanol–water partition coefficient (Wildman–Crippen LogP) is 14.0. The molecule has 548 valence electrons. The van der Waals surface area contributed by atoms with E-state index in [0.717, 1.165) is 30.3 Å². The summed E-state index contributed by atoms with van der Waals surface area (Å²) in [4.78, 5) is -2.85. The van der Waals surface area contributed by atoms with Gasteiger partial charge < -0.3 is 30.5 Å². The Kier molecular flexibility index (Phi) is 25.1. The van der Waals surface area contributed by atoms with Crippen molar-refractivity contribution in [2.75, 3.05) is 11.9 Å². The van der Waals surface area contributed by atoms with Crippen molar-refractivity contribution in [3.8, 4) is 28.7 Å². The van der Waals surface area contributed by atoms with Crippen LogP contribution in [0.2, 0.25) is 0 Å². The maximum Gasteiger partial charge on any atom is 0.425 e. The zero-order valence-corrected chi connectivity index (χ0v) is 59.1. The van der Waals surface area contributed by atoms with E-state index >= 15 is 0 Å². The lowest BCUT2D eigenvalue weighted by atomic mass is 10.0. The molecule has 0 aliphatic carbocycles. The molecule has 0 saturated heterocycles. The number of hydrogen-bond donors (Lipinski definition) is 9. The van der Waals surface area contributed by atoms with Crippen LogP contribution in [0.3, 0.4) is 0 Å². The topological polar surface area (TPSA) is 597 Å². The molecule has 9 N–H and O–H groups in total. The maximum absolute atomic E-state index is 13.1. The first-order valence-electron chi connectivity index (χ1n) is 28.9. The molecule has 0 atom stereocenters. The second-order valence-electron chi connectivity index (χ2n) is 21.2. The van der Waals surface area contributed by atoms with Crippen molar-refractivity contribution in [3.05, 3.63) is 175 Å². The number of phenols is 4. The highest BCUT2D eigenvalue weighted by atomic mass is 32.2. The summed E-state index contributed by atoms with van der Waals surface area (Å²) in [5, 5.41) is 92.2. The Labute approximate surface area is 601 Å². The third kappa shape index (κ3) is 20.3. The van der Waals surface area contributed by atoms with E-state index in [1.165, 1.54) is 60.7 Å². The van der Waals surface area contributed by atoms with E-state index in [0.29, 0.717) is 51.3 Å². The number of nitrogens with zero attached hydrogens (tertiary/aromatic N) is 10. The molecule has 0 amide bonds. The van der Waals surface area contributed by atoms with E-state index < -0.39 is 109 Å². The van der Waals surface area contributed by atoms with Gasteiger partial charge in [-0.2, -0.15) is 49.0 Å². The van der Waals surface area contributed by atoms with Gasteiger partial charge in [0.05, 0.1) is 50.2 Å². The number of azo groups is 5. The van der Waals surface area contributed by atoms with Crippen molar-refractivity contribution in [1.82, 2.24) is 0 Å². The molecular weight excluding hydrogens is 1540 g/mol. The van der Waals surface area contributed by atoms with E-state index in [2.05, 4.69) is 56.5 Å². The molecule has 37 nitrogen and oxygen atoms in total. The van der Waals surface area contributed by atoms with Gasteiger partial charge >= 0.3 is 31.8 Å². The van der Waals surface area contributed by atoms with Gasteiger partial charge in [0.15, 0.2) is 17.2 Å². The summed E-state index contributed by atoms with van der Waals surface area (Å²) >= 11 is 0. The first-order chi connectivity index (χ1) is 49.8. The fraction of sp³-hybridized carbons (Fsp3) is 0.0645. The van der Waals surface area contributed by atoms with Crippen LogP contribution in [0.5, 0.6) is 28.7 Å². The summed E-state index contributed by atoms with van der Waals surface area (Å²) in [6, 6.07) is 40.1. The van der Waals surface area contributed by atoms with E-state index in [9.17, 15) is 72.3 Å². The van der Waals surface area contributed by atoms with Crippen molar-refractivity contribution in [2.45, 2.75) is 39.9 Å². The van der Waals surface area contributed by atoms with Crippen molar-refractivity contribution >= 4 is 184 Å². The number of phenolic OH excluding ortho intramolecular Hbond substituents is 4. The summed E-state index contributed by atoms with van der Waals surface area (Å²) in [6.45, 7) is 3.44. The van der Waals surface area contributed by atoms with E-state index in [1.54, 1.807) is 56.3 Å². The number of rotatable bonds is 19. The molecule has 0 radical (unpaired) electrons. The van der Waals surface area contributed by atoms with Gasteiger partial charge in [-0.3, -0.25) is 18.2 Å². The van der Waals surface area contributed by atoms with Gasteiger partial charge in [-0.1, -0.05) is 43.3 Å². The van der Waals surface area contributed by atoms with Crippen molar-refractivity contribution < 1.29 is 115 Å². The fourth-order valence-corrected chi connectivity index (χ4v) is 12.1. The number of hydrogen-bond acceptors (Lipinski definition) is 33. The maximum atomic E-state index is 13.1. The van der Waals surface area contributed by atoms with Crippen LogP contribution in [0.1, 0.15) is 18.9 Å². The standard InChI is InChI=1S/C62H47N11O17S4.3O3S/c1-3-23-90-54-32-50(69-71-52-30-40(91(78,79)80)27-36-28-41(92(81,82)83)31-53(74)57(36)52)33(2)24-51(54)70-73-59-56(94(87,88)89)29-35-26-39(15-17-43(35)62(59)77)65-72-58-44-18-22-49(61(76)45(44)19-21-47(58)63-37-9-5-4-6-10-37)67-64-38-14-16-42-34(25-38)13-20-48(60(42)75)68-66-46-11-7-8-12-55(46)93(84,85)86;3*1-4(2)3/h4-22,24-32,63,74-77H,3,23H2,1-2H3,(H,78,79,80)(H,81,82,83)(H,84,85,86)(H,87,88,89);;;. The zero-order valence-electron chi connectivity index (χ0n) is 53.3. The molecule has 0 heterocycles.